The predicted molar refractivity (Wildman–Crippen MR) is 66.3 cm³/mol. The first-order valence-electron chi connectivity index (χ1n) is 6.21. The van der Waals surface area contributed by atoms with E-state index in [4.69, 9.17) is 9.84 Å². The van der Waals surface area contributed by atoms with Gasteiger partial charge in [0.05, 0.1) is 19.8 Å². The van der Waals surface area contributed by atoms with E-state index in [0.717, 1.165) is 6.42 Å². The Labute approximate surface area is 107 Å². The van der Waals surface area contributed by atoms with E-state index in [2.05, 4.69) is 5.32 Å². The number of nitrogens with zero attached hydrogens (tertiary/aromatic N) is 1. The van der Waals surface area contributed by atoms with Crippen LogP contribution in [0.2, 0.25) is 0 Å². The van der Waals surface area contributed by atoms with Gasteiger partial charge in [-0.25, -0.2) is 0 Å². The third-order valence-electron chi connectivity index (χ3n) is 3.23. The summed E-state index contributed by atoms with van der Waals surface area (Å²) < 4.78 is 5.12. The van der Waals surface area contributed by atoms with E-state index < -0.39 is 12.0 Å². The van der Waals surface area contributed by atoms with Gasteiger partial charge in [0, 0.05) is 12.1 Å². The lowest BCUT2D eigenvalue weighted by molar-refractivity contribution is -0.150. The van der Waals surface area contributed by atoms with Crippen LogP contribution in [0.1, 0.15) is 27.2 Å². The molecule has 6 heteroatoms. The number of nitrogens with one attached hydrogen (secondary N) is 1. The highest BCUT2D eigenvalue weighted by molar-refractivity contribution is 5.80. The molecule has 0 spiro atoms. The Morgan fingerprint density at radius 1 is 1.50 bits per heavy atom. The van der Waals surface area contributed by atoms with Crippen LogP contribution in [0, 0.1) is 0 Å². The summed E-state index contributed by atoms with van der Waals surface area (Å²) in [5.41, 5.74) is -0.262. The van der Waals surface area contributed by atoms with Gasteiger partial charge in [-0.15, -0.1) is 0 Å². The molecule has 0 saturated carbocycles. The van der Waals surface area contributed by atoms with Crippen molar-refractivity contribution in [3.05, 3.63) is 0 Å². The van der Waals surface area contributed by atoms with Crippen LogP contribution in [0.3, 0.4) is 0 Å². The highest BCUT2D eigenvalue weighted by Gasteiger charge is 2.31. The SMILES string of the molecule is CCC(C)(C)NC(=O)CN1CCOCC1C(=O)O. The van der Waals surface area contributed by atoms with Crippen molar-refractivity contribution in [2.45, 2.75) is 38.8 Å². The van der Waals surface area contributed by atoms with Crippen LogP contribution < -0.4 is 5.32 Å². The van der Waals surface area contributed by atoms with Gasteiger partial charge >= 0.3 is 5.97 Å². The van der Waals surface area contributed by atoms with Crippen molar-refractivity contribution in [3.63, 3.8) is 0 Å². The zero-order valence-corrected chi connectivity index (χ0v) is 11.2. The molecule has 0 bridgehead atoms. The molecule has 1 fully saturated rings. The topological polar surface area (TPSA) is 78.9 Å². The van der Waals surface area contributed by atoms with Crippen LogP contribution in [-0.4, -0.2) is 59.8 Å². The number of carbonyl (C=O) groups excluding carboxylic acids is 1. The molecule has 1 rings (SSSR count). The predicted octanol–water partition coefficient (Wildman–Crippen LogP) is 0.0766. The second-order valence-corrected chi connectivity index (χ2v) is 5.19. The minimum atomic E-state index is -0.947. The van der Waals surface area contributed by atoms with E-state index in [9.17, 15) is 9.59 Å². The van der Waals surface area contributed by atoms with Crippen molar-refractivity contribution < 1.29 is 19.4 Å². The van der Waals surface area contributed by atoms with Gasteiger partial charge < -0.3 is 15.2 Å². The van der Waals surface area contributed by atoms with E-state index in [1.807, 2.05) is 20.8 Å². The average Bonchev–Trinajstić information content (AvgIpc) is 2.28. The zero-order chi connectivity index (χ0) is 13.8. The van der Waals surface area contributed by atoms with Crippen molar-refractivity contribution in [1.82, 2.24) is 10.2 Å². The summed E-state index contributed by atoms with van der Waals surface area (Å²) in [6, 6.07) is -0.728. The Morgan fingerprint density at radius 2 is 2.17 bits per heavy atom. The number of ether oxygens (including phenoxy) is 1. The molecule has 6 nitrogen and oxygen atoms in total. The number of carboxylic acid groups (broad SMARTS) is 1. The van der Waals surface area contributed by atoms with Gasteiger partial charge in [-0.05, 0) is 20.3 Å². The normalized spacial score (nSPS) is 21.6. The molecule has 0 aromatic rings. The highest BCUT2D eigenvalue weighted by Crippen LogP contribution is 2.09. The molecular weight excluding hydrogens is 236 g/mol. The molecule has 1 aliphatic heterocycles. The number of rotatable bonds is 5. The lowest BCUT2D eigenvalue weighted by Crippen LogP contribution is -2.55. The van der Waals surface area contributed by atoms with Gasteiger partial charge in [0.2, 0.25) is 5.91 Å². The number of aliphatic carboxylic acids is 1. The van der Waals surface area contributed by atoms with Crippen LogP contribution >= 0.6 is 0 Å². The van der Waals surface area contributed by atoms with E-state index in [0.29, 0.717) is 13.2 Å². The summed E-state index contributed by atoms with van der Waals surface area (Å²) in [6.45, 7) is 7.06. The minimum Gasteiger partial charge on any atom is -0.480 e. The molecule has 0 aromatic heterocycles. The molecule has 2 N–H and O–H groups in total. The number of morpholine rings is 1. The van der Waals surface area contributed by atoms with Crippen molar-refractivity contribution in [2.75, 3.05) is 26.3 Å². The maximum Gasteiger partial charge on any atom is 0.323 e. The fraction of sp³-hybridized carbons (Fsp3) is 0.833. The van der Waals surface area contributed by atoms with Crippen LogP contribution in [0.15, 0.2) is 0 Å². The van der Waals surface area contributed by atoms with Crippen molar-refractivity contribution in [3.8, 4) is 0 Å². The summed E-state index contributed by atoms with van der Waals surface area (Å²) in [7, 11) is 0. The summed E-state index contributed by atoms with van der Waals surface area (Å²) in [5, 5.41) is 11.9. The third-order valence-corrected chi connectivity index (χ3v) is 3.23. The lowest BCUT2D eigenvalue weighted by atomic mass is 10.0. The Bertz CT molecular complexity index is 317. The average molecular weight is 258 g/mol. The lowest BCUT2D eigenvalue weighted by Gasteiger charge is -2.33. The van der Waals surface area contributed by atoms with Crippen LogP contribution in [-0.2, 0) is 14.3 Å². The van der Waals surface area contributed by atoms with Gasteiger partial charge in [0.15, 0.2) is 0 Å². The van der Waals surface area contributed by atoms with Crippen LogP contribution in [0.25, 0.3) is 0 Å². The first-order valence-corrected chi connectivity index (χ1v) is 6.21. The minimum absolute atomic E-state index is 0.101. The van der Waals surface area contributed by atoms with E-state index in [1.54, 1.807) is 4.90 Å². The van der Waals surface area contributed by atoms with Crippen molar-refractivity contribution in [2.24, 2.45) is 0 Å². The number of hydrogen-bond acceptors (Lipinski definition) is 4. The standard InChI is InChI=1S/C12H22N2O4/c1-4-12(2,3)13-10(15)7-14-5-6-18-8-9(14)11(16)17/h9H,4-8H2,1-3H3,(H,13,15)(H,16,17). The molecule has 1 amide bonds. The molecule has 0 radical (unpaired) electrons. The zero-order valence-electron chi connectivity index (χ0n) is 11.2. The van der Waals surface area contributed by atoms with Crippen molar-refractivity contribution in [1.29, 1.82) is 0 Å². The molecule has 1 atom stereocenters. The summed E-state index contributed by atoms with van der Waals surface area (Å²) in [4.78, 5) is 24.5. The smallest absolute Gasteiger partial charge is 0.323 e. The highest BCUT2D eigenvalue weighted by atomic mass is 16.5. The van der Waals surface area contributed by atoms with Crippen LogP contribution in [0.4, 0.5) is 0 Å². The second kappa shape index (κ2) is 6.15. The maximum atomic E-state index is 11.9. The molecule has 104 valence electrons. The van der Waals surface area contributed by atoms with Gasteiger partial charge in [-0.1, -0.05) is 6.92 Å². The Hall–Kier alpha value is -1.14. The first kappa shape index (κ1) is 14.9. The maximum absolute atomic E-state index is 11.9. The van der Waals surface area contributed by atoms with Gasteiger partial charge in [0.25, 0.3) is 0 Å². The number of hydrogen-bond donors (Lipinski definition) is 2. The fourth-order valence-corrected chi connectivity index (χ4v) is 1.74. The Kier molecular flexibility index (Phi) is 5.10. The van der Waals surface area contributed by atoms with E-state index >= 15 is 0 Å². The molecule has 0 aromatic carbocycles. The third kappa shape index (κ3) is 4.27. The molecule has 18 heavy (non-hydrogen) atoms. The largest absolute Gasteiger partial charge is 0.480 e. The molecule has 1 saturated heterocycles. The van der Waals surface area contributed by atoms with Crippen LogP contribution in [0.5, 0.6) is 0 Å². The first-order chi connectivity index (χ1) is 8.35. The Morgan fingerprint density at radius 3 is 2.72 bits per heavy atom. The molecule has 1 aliphatic rings. The summed E-state index contributed by atoms with van der Waals surface area (Å²) in [6.07, 6.45) is 0.824. The Balaban J connectivity index is 2.54. The van der Waals surface area contributed by atoms with Crippen molar-refractivity contribution >= 4 is 11.9 Å². The summed E-state index contributed by atoms with van der Waals surface area (Å²) >= 11 is 0. The number of carboxylic acids is 1. The van der Waals surface area contributed by atoms with Gasteiger partial charge in [-0.2, -0.15) is 0 Å². The summed E-state index contributed by atoms with van der Waals surface area (Å²) in [5.74, 6) is -1.09. The fourth-order valence-electron chi connectivity index (χ4n) is 1.74. The van der Waals surface area contributed by atoms with Gasteiger partial charge in [-0.3, -0.25) is 14.5 Å². The van der Waals surface area contributed by atoms with E-state index in [1.165, 1.54) is 0 Å². The second-order valence-electron chi connectivity index (χ2n) is 5.19. The molecule has 1 unspecified atom stereocenters. The number of amides is 1. The molecule has 0 aliphatic carbocycles. The van der Waals surface area contributed by atoms with Gasteiger partial charge in [0.1, 0.15) is 6.04 Å². The van der Waals surface area contributed by atoms with E-state index in [-0.39, 0.29) is 24.6 Å². The number of carbonyl (C=O) groups is 2. The quantitative estimate of drug-likeness (QED) is 0.730. The molecular formula is C12H22N2O4. The monoisotopic (exact) mass is 258 g/mol. The molecule has 1 heterocycles.